The summed E-state index contributed by atoms with van der Waals surface area (Å²) in [6.45, 7) is 6.63. The lowest BCUT2D eigenvalue weighted by Crippen LogP contribution is -2.06. The van der Waals surface area contributed by atoms with Crippen LogP contribution in [-0.4, -0.2) is 21.4 Å². The fourth-order valence-electron chi connectivity index (χ4n) is 2.09. The second kappa shape index (κ2) is 6.30. The number of anilines is 1. The molecule has 1 heterocycles. The van der Waals surface area contributed by atoms with E-state index in [1.165, 1.54) is 11.9 Å². The fraction of sp³-hybridized carbons (Fsp3) is 0.333. The molecule has 110 valence electrons. The minimum Gasteiger partial charge on any atom is -0.365 e. The molecule has 0 radical (unpaired) electrons. The Morgan fingerprint density at radius 3 is 2.43 bits per heavy atom. The van der Waals surface area contributed by atoms with E-state index in [4.69, 9.17) is 0 Å². The highest BCUT2D eigenvalue weighted by atomic mass is 16.6. The van der Waals surface area contributed by atoms with Crippen LogP contribution in [0.2, 0.25) is 0 Å². The summed E-state index contributed by atoms with van der Waals surface area (Å²) in [6.07, 6.45) is 1.34. The third kappa shape index (κ3) is 3.16. The third-order valence-corrected chi connectivity index (χ3v) is 3.20. The van der Waals surface area contributed by atoms with E-state index >= 15 is 0 Å². The Hall–Kier alpha value is -2.50. The average Bonchev–Trinajstić information content (AvgIpc) is 2.47. The molecule has 1 aromatic carbocycles. The van der Waals surface area contributed by atoms with Crippen molar-refractivity contribution in [3.63, 3.8) is 0 Å². The first-order valence-electron chi connectivity index (χ1n) is 6.88. The number of nitro groups is 1. The number of nitrogens with one attached hydrogen (secondary N) is 1. The molecule has 2 rings (SSSR count). The van der Waals surface area contributed by atoms with Crippen LogP contribution in [0.25, 0.3) is 11.3 Å². The Labute approximate surface area is 123 Å². The molecular weight excluding hydrogens is 268 g/mol. The first kappa shape index (κ1) is 14.9. The van der Waals surface area contributed by atoms with Crippen molar-refractivity contribution < 1.29 is 4.92 Å². The fourth-order valence-corrected chi connectivity index (χ4v) is 2.09. The largest absolute Gasteiger partial charge is 0.365 e. The van der Waals surface area contributed by atoms with Gasteiger partial charge in [0.2, 0.25) is 5.82 Å². The van der Waals surface area contributed by atoms with Gasteiger partial charge in [0.05, 0.1) is 4.92 Å². The molecule has 0 aliphatic rings. The van der Waals surface area contributed by atoms with Crippen LogP contribution in [0, 0.1) is 10.1 Å². The normalized spacial score (nSPS) is 10.7. The van der Waals surface area contributed by atoms with E-state index in [2.05, 4.69) is 29.1 Å². The summed E-state index contributed by atoms with van der Waals surface area (Å²) in [5.74, 6) is 0.664. The van der Waals surface area contributed by atoms with Gasteiger partial charge in [-0.1, -0.05) is 38.1 Å². The second-order valence-electron chi connectivity index (χ2n) is 4.98. The standard InChI is InChI=1S/C15H18N4O2/c1-4-16-15-14(19(20)21)13(17-9-18-15)12-7-5-11(6-8-12)10(2)3/h5-10H,4H2,1-3H3,(H,16,17,18). The SMILES string of the molecule is CCNc1ncnc(-c2ccc(C(C)C)cc2)c1[N+](=O)[O-]. The lowest BCUT2D eigenvalue weighted by molar-refractivity contribution is -0.383. The monoisotopic (exact) mass is 286 g/mol. The lowest BCUT2D eigenvalue weighted by Gasteiger charge is -2.09. The molecule has 21 heavy (non-hydrogen) atoms. The maximum Gasteiger partial charge on any atom is 0.337 e. The van der Waals surface area contributed by atoms with E-state index in [1.54, 1.807) is 0 Å². The van der Waals surface area contributed by atoms with Gasteiger partial charge < -0.3 is 5.32 Å². The first-order chi connectivity index (χ1) is 10.0. The van der Waals surface area contributed by atoms with E-state index in [0.717, 1.165) is 0 Å². The third-order valence-electron chi connectivity index (χ3n) is 3.20. The summed E-state index contributed by atoms with van der Waals surface area (Å²) < 4.78 is 0. The minimum absolute atomic E-state index is 0.0864. The predicted molar refractivity (Wildman–Crippen MR) is 82.4 cm³/mol. The van der Waals surface area contributed by atoms with E-state index in [9.17, 15) is 10.1 Å². The van der Waals surface area contributed by atoms with Crippen LogP contribution in [0.1, 0.15) is 32.3 Å². The van der Waals surface area contributed by atoms with Crippen LogP contribution in [0.4, 0.5) is 11.5 Å². The van der Waals surface area contributed by atoms with Gasteiger partial charge >= 0.3 is 5.69 Å². The Morgan fingerprint density at radius 2 is 1.90 bits per heavy atom. The Bertz CT molecular complexity index is 639. The highest BCUT2D eigenvalue weighted by Crippen LogP contribution is 2.33. The molecule has 0 amide bonds. The van der Waals surface area contributed by atoms with Gasteiger partial charge in [0, 0.05) is 12.1 Å². The van der Waals surface area contributed by atoms with Gasteiger partial charge in [-0.15, -0.1) is 0 Å². The van der Waals surface area contributed by atoms with E-state index in [0.29, 0.717) is 23.7 Å². The molecule has 0 aliphatic carbocycles. The van der Waals surface area contributed by atoms with Crippen LogP contribution in [0.5, 0.6) is 0 Å². The van der Waals surface area contributed by atoms with Crippen molar-refractivity contribution in [2.24, 2.45) is 0 Å². The molecule has 1 aromatic heterocycles. The zero-order valence-corrected chi connectivity index (χ0v) is 12.3. The smallest absolute Gasteiger partial charge is 0.337 e. The number of benzene rings is 1. The van der Waals surface area contributed by atoms with E-state index in [1.807, 2.05) is 31.2 Å². The maximum absolute atomic E-state index is 11.4. The number of nitrogens with zero attached hydrogens (tertiary/aromatic N) is 3. The summed E-state index contributed by atoms with van der Waals surface area (Å²) in [5.41, 5.74) is 2.15. The molecule has 0 aliphatic heterocycles. The quantitative estimate of drug-likeness (QED) is 0.670. The topological polar surface area (TPSA) is 81.0 Å². The van der Waals surface area contributed by atoms with Crippen LogP contribution in [0.15, 0.2) is 30.6 Å². The molecule has 0 atom stereocenters. The van der Waals surface area contributed by atoms with Gasteiger partial charge in [-0.05, 0) is 18.4 Å². The molecule has 0 bridgehead atoms. The molecule has 2 aromatic rings. The van der Waals surface area contributed by atoms with Crippen molar-refractivity contribution in [3.05, 3.63) is 46.3 Å². The minimum atomic E-state index is -0.441. The Balaban J connectivity index is 2.52. The van der Waals surface area contributed by atoms with Crippen LogP contribution >= 0.6 is 0 Å². The van der Waals surface area contributed by atoms with Crippen LogP contribution < -0.4 is 5.32 Å². The zero-order valence-electron chi connectivity index (χ0n) is 12.3. The number of aromatic nitrogens is 2. The summed E-state index contributed by atoms with van der Waals surface area (Å²) in [5, 5.41) is 14.3. The van der Waals surface area contributed by atoms with E-state index < -0.39 is 4.92 Å². The van der Waals surface area contributed by atoms with Crippen molar-refractivity contribution in [1.29, 1.82) is 0 Å². The van der Waals surface area contributed by atoms with Crippen molar-refractivity contribution in [2.45, 2.75) is 26.7 Å². The van der Waals surface area contributed by atoms with Crippen molar-refractivity contribution >= 4 is 11.5 Å². The first-order valence-corrected chi connectivity index (χ1v) is 6.88. The Morgan fingerprint density at radius 1 is 1.24 bits per heavy atom. The molecule has 1 N–H and O–H groups in total. The van der Waals surface area contributed by atoms with Crippen molar-refractivity contribution in [3.8, 4) is 11.3 Å². The molecule has 6 heteroatoms. The predicted octanol–water partition coefficient (Wildman–Crippen LogP) is 3.61. The number of hydrogen-bond donors (Lipinski definition) is 1. The van der Waals surface area contributed by atoms with Crippen molar-refractivity contribution in [1.82, 2.24) is 9.97 Å². The summed E-state index contributed by atoms with van der Waals surface area (Å²) in [4.78, 5) is 19.0. The zero-order chi connectivity index (χ0) is 15.4. The maximum atomic E-state index is 11.4. The molecule has 6 nitrogen and oxygen atoms in total. The average molecular weight is 286 g/mol. The molecule has 0 fully saturated rings. The highest BCUT2D eigenvalue weighted by molar-refractivity contribution is 5.76. The Kier molecular flexibility index (Phi) is 4.47. The molecule has 0 saturated heterocycles. The van der Waals surface area contributed by atoms with E-state index in [-0.39, 0.29) is 11.5 Å². The number of hydrogen-bond acceptors (Lipinski definition) is 5. The van der Waals surface area contributed by atoms with Gasteiger partial charge in [0.25, 0.3) is 0 Å². The highest BCUT2D eigenvalue weighted by Gasteiger charge is 2.23. The van der Waals surface area contributed by atoms with Gasteiger partial charge in [0.1, 0.15) is 6.33 Å². The summed E-state index contributed by atoms with van der Waals surface area (Å²) in [7, 11) is 0. The summed E-state index contributed by atoms with van der Waals surface area (Å²) in [6, 6.07) is 7.66. The molecule has 0 spiro atoms. The summed E-state index contributed by atoms with van der Waals surface area (Å²) >= 11 is 0. The van der Waals surface area contributed by atoms with Gasteiger partial charge in [-0.2, -0.15) is 0 Å². The van der Waals surface area contributed by atoms with Gasteiger partial charge in [-0.25, -0.2) is 9.97 Å². The lowest BCUT2D eigenvalue weighted by atomic mass is 10.0. The van der Waals surface area contributed by atoms with Crippen LogP contribution in [0.3, 0.4) is 0 Å². The van der Waals surface area contributed by atoms with Crippen molar-refractivity contribution in [2.75, 3.05) is 11.9 Å². The molecule has 0 saturated carbocycles. The number of rotatable bonds is 5. The second-order valence-corrected chi connectivity index (χ2v) is 4.98. The van der Waals surface area contributed by atoms with Gasteiger partial charge in [-0.3, -0.25) is 10.1 Å². The molecular formula is C15H18N4O2. The van der Waals surface area contributed by atoms with Crippen LogP contribution in [-0.2, 0) is 0 Å². The van der Waals surface area contributed by atoms with Gasteiger partial charge in [0.15, 0.2) is 5.69 Å². The molecule has 0 unspecified atom stereocenters.